The topological polar surface area (TPSA) is 89.4 Å². The highest BCUT2D eigenvalue weighted by atomic mass is 19.4. The Kier molecular flexibility index (Phi) is 5.85. The molecule has 0 unspecified atom stereocenters. The number of rotatable bonds is 4. The molecule has 0 fully saturated rings. The van der Waals surface area contributed by atoms with Gasteiger partial charge in [-0.25, -0.2) is 9.97 Å². The Labute approximate surface area is 188 Å². The molecule has 0 aliphatic heterocycles. The van der Waals surface area contributed by atoms with Gasteiger partial charge in [-0.3, -0.25) is 9.97 Å². The fraction of sp³-hybridized carbons (Fsp3) is 0.143. The largest absolute Gasteiger partial charge is 0.433 e. The van der Waals surface area contributed by atoms with Gasteiger partial charge in [-0.15, -0.1) is 0 Å². The minimum atomic E-state index is -4.70. The SMILES string of the molecule is Cc1cncc(-c2nc(Nc3ccnc(C(F)(F)F)c3)nc(-c3cccc(C(F)(F)F)n3)n2)c1. The zero-order chi connectivity index (χ0) is 24.5. The lowest BCUT2D eigenvalue weighted by atomic mass is 10.2. The normalized spacial score (nSPS) is 12.0. The first-order valence-corrected chi connectivity index (χ1v) is 9.52. The number of aryl methyl sites for hydroxylation is 1. The Morgan fingerprint density at radius 3 is 2.21 bits per heavy atom. The number of hydrogen-bond acceptors (Lipinski definition) is 7. The van der Waals surface area contributed by atoms with Crippen LogP contribution in [0.4, 0.5) is 38.0 Å². The number of anilines is 2. The summed E-state index contributed by atoms with van der Waals surface area (Å²) in [7, 11) is 0. The third kappa shape index (κ3) is 5.24. The van der Waals surface area contributed by atoms with Crippen LogP contribution in [-0.2, 0) is 12.4 Å². The molecule has 0 aromatic carbocycles. The maximum Gasteiger partial charge on any atom is 0.433 e. The Hall–Kier alpha value is -4.16. The smallest absolute Gasteiger partial charge is 0.324 e. The van der Waals surface area contributed by atoms with Crippen molar-refractivity contribution in [3.8, 4) is 22.9 Å². The summed E-state index contributed by atoms with van der Waals surface area (Å²) in [6.07, 6.45) is -5.41. The average molecular weight is 477 g/mol. The second-order valence-electron chi connectivity index (χ2n) is 7.02. The van der Waals surface area contributed by atoms with Gasteiger partial charge < -0.3 is 5.32 Å². The first-order valence-electron chi connectivity index (χ1n) is 9.52. The number of halogens is 6. The molecular weight excluding hydrogens is 464 g/mol. The number of aromatic nitrogens is 6. The fourth-order valence-corrected chi connectivity index (χ4v) is 2.86. The molecular formula is C21H13F6N7. The van der Waals surface area contributed by atoms with E-state index in [1.54, 1.807) is 19.2 Å². The maximum atomic E-state index is 13.1. The van der Waals surface area contributed by atoms with Crippen molar-refractivity contribution in [2.45, 2.75) is 19.3 Å². The number of alkyl halides is 6. The first-order chi connectivity index (χ1) is 16.0. The van der Waals surface area contributed by atoms with Gasteiger partial charge in [0, 0.05) is 29.8 Å². The number of pyridine rings is 3. The van der Waals surface area contributed by atoms with Crippen molar-refractivity contribution in [1.82, 2.24) is 29.9 Å². The van der Waals surface area contributed by atoms with Crippen LogP contribution in [-0.4, -0.2) is 29.9 Å². The molecule has 4 aromatic rings. The molecule has 0 bridgehead atoms. The van der Waals surface area contributed by atoms with Gasteiger partial charge in [0.1, 0.15) is 17.1 Å². The highest BCUT2D eigenvalue weighted by Crippen LogP contribution is 2.31. The molecule has 7 nitrogen and oxygen atoms in total. The molecule has 0 aliphatic rings. The quantitative estimate of drug-likeness (QED) is 0.390. The van der Waals surface area contributed by atoms with Crippen molar-refractivity contribution in [3.63, 3.8) is 0 Å². The monoisotopic (exact) mass is 477 g/mol. The molecule has 13 heteroatoms. The van der Waals surface area contributed by atoms with Crippen LogP contribution in [0.15, 0.2) is 55.0 Å². The van der Waals surface area contributed by atoms with Crippen molar-refractivity contribution >= 4 is 11.6 Å². The van der Waals surface area contributed by atoms with E-state index in [0.29, 0.717) is 5.56 Å². The van der Waals surface area contributed by atoms with Crippen LogP contribution in [0.1, 0.15) is 17.0 Å². The summed E-state index contributed by atoms with van der Waals surface area (Å²) in [5.74, 6) is -0.390. The van der Waals surface area contributed by atoms with Crippen molar-refractivity contribution in [2.24, 2.45) is 0 Å². The molecule has 0 saturated heterocycles. The predicted octanol–water partition coefficient (Wildman–Crippen LogP) is 5.48. The zero-order valence-electron chi connectivity index (χ0n) is 17.1. The molecule has 4 heterocycles. The van der Waals surface area contributed by atoms with E-state index in [1.165, 1.54) is 18.3 Å². The minimum absolute atomic E-state index is 0.0352. The molecule has 34 heavy (non-hydrogen) atoms. The number of hydrogen-bond donors (Lipinski definition) is 1. The summed E-state index contributed by atoms with van der Waals surface area (Å²) in [5, 5.41) is 2.62. The maximum absolute atomic E-state index is 13.1. The Bertz CT molecular complexity index is 1340. The van der Waals surface area contributed by atoms with E-state index in [2.05, 4.69) is 35.2 Å². The molecule has 4 aromatic heterocycles. The van der Waals surface area contributed by atoms with Gasteiger partial charge in [-0.2, -0.15) is 36.3 Å². The first kappa shape index (κ1) is 23.0. The molecule has 4 rings (SSSR count). The van der Waals surface area contributed by atoms with Gasteiger partial charge in [0.2, 0.25) is 5.95 Å². The minimum Gasteiger partial charge on any atom is -0.324 e. The van der Waals surface area contributed by atoms with Crippen LogP contribution in [0, 0.1) is 6.92 Å². The average Bonchev–Trinajstić information content (AvgIpc) is 2.78. The lowest BCUT2D eigenvalue weighted by Gasteiger charge is -2.12. The van der Waals surface area contributed by atoms with Crippen LogP contribution in [0.3, 0.4) is 0 Å². The highest BCUT2D eigenvalue weighted by Gasteiger charge is 2.33. The second kappa shape index (κ2) is 8.65. The van der Waals surface area contributed by atoms with E-state index >= 15 is 0 Å². The van der Waals surface area contributed by atoms with E-state index in [0.717, 1.165) is 30.0 Å². The van der Waals surface area contributed by atoms with E-state index in [4.69, 9.17) is 0 Å². The van der Waals surface area contributed by atoms with Crippen LogP contribution in [0.2, 0.25) is 0 Å². The molecule has 0 aliphatic carbocycles. The van der Waals surface area contributed by atoms with Gasteiger partial charge >= 0.3 is 12.4 Å². The summed E-state index contributed by atoms with van der Waals surface area (Å²) >= 11 is 0. The van der Waals surface area contributed by atoms with E-state index < -0.39 is 23.7 Å². The van der Waals surface area contributed by atoms with Gasteiger partial charge in [-0.1, -0.05) is 6.07 Å². The van der Waals surface area contributed by atoms with Gasteiger partial charge in [-0.05, 0) is 42.8 Å². The summed E-state index contributed by atoms with van der Waals surface area (Å²) in [6.45, 7) is 1.77. The molecule has 0 radical (unpaired) electrons. The Morgan fingerprint density at radius 2 is 1.50 bits per heavy atom. The van der Waals surface area contributed by atoms with Crippen molar-refractivity contribution in [1.29, 1.82) is 0 Å². The van der Waals surface area contributed by atoms with Gasteiger partial charge in [0.05, 0.1) is 0 Å². The summed E-state index contributed by atoms with van der Waals surface area (Å²) < 4.78 is 78.5. The third-order valence-electron chi connectivity index (χ3n) is 4.34. The van der Waals surface area contributed by atoms with Gasteiger partial charge in [0.15, 0.2) is 11.6 Å². The second-order valence-corrected chi connectivity index (χ2v) is 7.02. The molecule has 1 N–H and O–H groups in total. The van der Waals surface area contributed by atoms with Crippen LogP contribution in [0.25, 0.3) is 22.9 Å². The van der Waals surface area contributed by atoms with Crippen molar-refractivity contribution < 1.29 is 26.3 Å². The predicted molar refractivity (Wildman–Crippen MR) is 109 cm³/mol. The molecule has 0 spiro atoms. The summed E-state index contributed by atoms with van der Waals surface area (Å²) in [4.78, 5) is 23.4. The standard InChI is InChI=1S/C21H13F6N7/c1-11-7-12(10-28-9-11)17-32-18(14-3-2-4-15(31-14)20(22,23)24)34-19(33-17)30-13-5-6-29-16(8-13)21(25,26)27/h2-10H,1H3,(H,29,30,32,33,34). The Morgan fingerprint density at radius 1 is 0.765 bits per heavy atom. The summed E-state index contributed by atoms with van der Waals surface area (Å²) in [5.41, 5.74) is -1.35. The highest BCUT2D eigenvalue weighted by molar-refractivity contribution is 5.63. The van der Waals surface area contributed by atoms with E-state index in [-0.39, 0.29) is 29.0 Å². The number of nitrogens with one attached hydrogen (secondary N) is 1. The molecule has 0 saturated carbocycles. The lowest BCUT2D eigenvalue weighted by Crippen LogP contribution is -2.10. The zero-order valence-corrected chi connectivity index (χ0v) is 17.1. The Balaban J connectivity index is 1.82. The lowest BCUT2D eigenvalue weighted by molar-refractivity contribution is -0.141. The molecule has 0 atom stereocenters. The van der Waals surface area contributed by atoms with Gasteiger partial charge in [0.25, 0.3) is 0 Å². The number of nitrogens with zero attached hydrogens (tertiary/aromatic N) is 6. The summed E-state index contributed by atoms with van der Waals surface area (Å²) in [6, 6.07) is 6.92. The van der Waals surface area contributed by atoms with Crippen LogP contribution >= 0.6 is 0 Å². The van der Waals surface area contributed by atoms with Crippen LogP contribution < -0.4 is 5.32 Å². The van der Waals surface area contributed by atoms with Crippen molar-refractivity contribution in [2.75, 3.05) is 5.32 Å². The van der Waals surface area contributed by atoms with Crippen LogP contribution in [0.5, 0.6) is 0 Å². The molecule has 174 valence electrons. The third-order valence-corrected chi connectivity index (χ3v) is 4.34. The molecule has 0 amide bonds. The van der Waals surface area contributed by atoms with E-state index in [1.807, 2.05) is 0 Å². The van der Waals surface area contributed by atoms with E-state index in [9.17, 15) is 26.3 Å². The fourth-order valence-electron chi connectivity index (χ4n) is 2.86. The van der Waals surface area contributed by atoms with Crippen molar-refractivity contribution in [3.05, 3.63) is 71.9 Å².